The Kier molecular flexibility index (Phi) is 6.12. The van der Waals surface area contributed by atoms with Gasteiger partial charge in [-0.3, -0.25) is 0 Å². The molecule has 0 atom stereocenters. The average molecular weight is 391 g/mol. The SMILES string of the molecule is COc1ncccc1-c1cc(CCc2ccc(N)cc2)c(OC)c(C(C)(C)C)c1. The maximum Gasteiger partial charge on any atom is 0.221 e. The van der Waals surface area contributed by atoms with E-state index in [1.807, 2.05) is 24.3 Å². The third kappa shape index (κ3) is 4.70. The second kappa shape index (κ2) is 8.56. The van der Waals surface area contributed by atoms with Crippen LogP contribution < -0.4 is 15.2 Å². The minimum Gasteiger partial charge on any atom is -0.496 e. The van der Waals surface area contributed by atoms with Gasteiger partial charge in [-0.25, -0.2) is 4.98 Å². The van der Waals surface area contributed by atoms with Crippen molar-refractivity contribution < 1.29 is 9.47 Å². The summed E-state index contributed by atoms with van der Waals surface area (Å²) in [5.74, 6) is 1.58. The minimum absolute atomic E-state index is 0.0628. The molecule has 0 unspecified atom stereocenters. The highest BCUT2D eigenvalue weighted by Gasteiger charge is 2.23. The lowest BCUT2D eigenvalue weighted by atomic mass is 9.82. The van der Waals surface area contributed by atoms with Gasteiger partial charge in [-0.2, -0.15) is 0 Å². The van der Waals surface area contributed by atoms with Gasteiger partial charge in [0, 0.05) is 23.0 Å². The summed E-state index contributed by atoms with van der Waals surface area (Å²) in [4.78, 5) is 4.37. The number of benzene rings is 2. The number of methoxy groups -OCH3 is 2. The molecule has 0 saturated heterocycles. The quantitative estimate of drug-likeness (QED) is 0.570. The van der Waals surface area contributed by atoms with E-state index in [1.54, 1.807) is 20.4 Å². The fraction of sp³-hybridized carbons (Fsp3) is 0.320. The van der Waals surface area contributed by atoms with Crippen LogP contribution in [0.4, 0.5) is 5.69 Å². The molecule has 0 aliphatic heterocycles. The van der Waals surface area contributed by atoms with Crippen LogP contribution >= 0.6 is 0 Å². The van der Waals surface area contributed by atoms with Crippen molar-refractivity contribution in [2.24, 2.45) is 0 Å². The third-order valence-electron chi connectivity index (χ3n) is 5.12. The molecule has 0 fully saturated rings. The molecular weight excluding hydrogens is 360 g/mol. The molecule has 3 aromatic rings. The van der Waals surface area contributed by atoms with E-state index >= 15 is 0 Å². The van der Waals surface area contributed by atoms with Crippen LogP contribution in [-0.4, -0.2) is 19.2 Å². The summed E-state index contributed by atoms with van der Waals surface area (Å²) in [7, 11) is 3.41. The molecule has 0 bridgehead atoms. The van der Waals surface area contributed by atoms with Gasteiger partial charge in [0.15, 0.2) is 0 Å². The smallest absolute Gasteiger partial charge is 0.221 e. The number of ether oxygens (including phenoxy) is 2. The molecule has 152 valence electrons. The second-order valence-electron chi connectivity index (χ2n) is 8.27. The molecule has 29 heavy (non-hydrogen) atoms. The van der Waals surface area contributed by atoms with Crippen LogP contribution in [0.1, 0.15) is 37.5 Å². The zero-order valence-corrected chi connectivity index (χ0v) is 18.0. The molecule has 0 amide bonds. The highest BCUT2D eigenvalue weighted by Crippen LogP contribution is 2.40. The van der Waals surface area contributed by atoms with Crippen molar-refractivity contribution in [3.63, 3.8) is 0 Å². The number of nitrogens with two attached hydrogens (primary N) is 1. The van der Waals surface area contributed by atoms with Crippen LogP contribution in [0.15, 0.2) is 54.7 Å². The number of hydrogen-bond donors (Lipinski definition) is 1. The molecule has 4 nitrogen and oxygen atoms in total. The van der Waals surface area contributed by atoms with Gasteiger partial charge in [0.1, 0.15) is 5.75 Å². The van der Waals surface area contributed by atoms with Crippen molar-refractivity contribution in [3.05, 3.63) is 71.4 Å². The summed E-state index contributed by atoms with van der Waals surface area (Å²) < 4.78 is 11.4. The highest BCUT2D eigenvalue weighted by molar-refractivity contribution is 5.72. The van der Waals surface area contributed by atoms with Crippen molar-refractivity contribution in [1.29, 1.82) is 0 Å². The van der Waals surface area contributed by atoms with Crippen molar-refractivity contribution in [2.45, 2.75) is 39.0 Å². The lowest BCUT2D eigenvalue weighted by Gasteiger charge is -2.25. The van der Waals surface area contributed by atoms with Crippen LogP contribution in [-0.2, 0) is 18.3 Å². The maximum absolute atomic E-state index is 5.89. The predicted molar refractivity (Wildman–Crippen MR) is 120 cm³/mol. The molecule has 0 saturated carbocycles. The number of anilines is 1. The maximum atomic E-state index is 5.89. The fourth-order valence-electron chi connectivity index (χ4n) is 3.56. The first-order chi connectivity index (χ1) is 13.8. The van der Waals surface area contributed by atoms with E-state index in [9.17, 15) is 0 Å². The lowest BCUT2D eigenvalue weighted by Crippen LogP contribution is -2.14. The van der Waals surface area contributed by atoms with Crippen molar-refractivity contribution in [3.8, 4) is 22.8 Å². The zero-order valence-electron chi connectivity index (χ0n) is 18.0. The Hall–Kier alpha value is -3.01. The molecule has 4 heteroatoms. The number of nitrogen functional groups attached to an aromatic ring is 1. The Morgan fingerprint density at radius 2 is 1.66 bits per heavy atom. The number of aryl methyl sites for hydroxylation is 2. The van der Waals surface area contributed by atoms with Crippen LogP contribution in [0, 0.1) is 0 Å². The number of hydrogen-bond acceptors (Lipinski definition) is 4. The van der Waals surface area contributed by atoms with Gasteiger partial charge in [-0.1, -0.05) is 32.9 Å². The first-order valence-corrected chi connectivity index (χ1v) is 9.88. The molecular formula is C25H30N2O2. The third-order valence-corrected chi connectivity index (χ3v) is 5.12. The van der Waals surface area contributed by atoms with E-state index in [2.05, 4.69) is 50.0 Å². The van der Waals surface area contributed by atoms with E-state index in [1.165, 1.54) is 16.7 Å². The van der Waals surface area contributed by atoms with Gasteiger partial charge in [-0.05, 0) is 71.3 Å². The van der Waals surface area contributed by atoms with Crippen LogP contribution in [0.25, 0.3) is 11.1 Å². The van der Waals surface area contributed by atoms with Gasteiger partial charge >= 0.3 is 0 Å². The van der Waals surface area contributed by atoms with Crippen molar-refractivity contribution in [1.82, 2.24) is 4.98 Å². The normalized spacial score (nSPS) is 11.3. The van der Waals surface area contributed by atoms with E-state index in [-0.39, 0.29) is 5.41 Å². The van der Waals surface area contributed by atoms with Crippen LogP contribution in [0.3, 0.4) is 0 Å². The monoisotopic (exact) mass is 390 g/mol. The van der Waals surface area contributed by atoms with Gasteiger partial charge in [0.2, 0.25) is 5.88 Å². The topological polar surface area (TPSA) is 57.4 Å². The first kappa shape index (κ1) is 20.7. The molecule has 2 N–H and O–H groups in total. The summed E-state index contributed by atoms with van der Waals surface area (Å²) in [6.07, 6.45) is 3.53. The van der Waals surface area contributed by atoms with Gasteiger partial charge in [0.05, 0.1) is 14.2 Å². The Balaban J connectivity index is 2.08. The second-order valence-corrected chi connectivity index (χ2v) is 8.27. The van der Waals surface area contributed by atoms with Crippen molar-refractivity contribution >= 4 is 5.69 Å². The number of rotatable bonds is 6. The Bertz CT molecular complexity index is 973. The molecule has 0 aliphatic carbocycles. The molecule has 1 aromatic heterocycles. The van der Waals surface area contributed by atoms with Gasteiger partial charge < -0.3 is 15.2 Å². The predicted octanol–water partition coefficient (Wildman–Crippen LogP) is 5.43. The summed E-state index contributed by atoms with van der Waals surface area (Å²) in [6, 6.07) is 16.4. The van der Waals surface area contributed by atoms with E-state index in [4.69, 9.17) is 15.2 Å². The largest absolute Gasteiger partial charge is 0.496 e. The summed E-state index contributed by atoms with van der Waals surface area (Å²) in [5, 5.41) is 0. The van der Waals surface area contributed by atoms with Gasteiger partial charge in [0.25, 0.3) is 0 Å². The van der Waals surface area contributed by atoms with E-state index in [0.29, 0.717) is 5.88 Å². The average Bonchev–Trinajstić information content (AvgIpc) is 2.72. The number of nitrogens with zero attached hydrogens (tertiary/aromatic N) is 1. The highest BCUT2D eigenvalue weighted by atomic mass is 16.5. The Labute approximate surface area is 173 Å². The fourth-order valence-corrected chi connectivity index (χ4v) is 3.56. The summed E-state index contributed by atoms with van der Waals surface area (Å²) in [5.41, 5.74) is 12.2. The van der Waals surface area contributed by atoms with Crippen LogP contribution in [0.5, 0.6) is 11.6 Å². The molecule has 3 rings (SSSR count). The molecule has 0 aliphatic rings. The lowest BCUT2D eigenvalue weighted by molar-refractivity contribution is 0.392. The Morgan fingerprint density at radius 3 is 2.28 bits per heavy atom. The standard InChI is InChI=1S/C25H30N2O2/c1-25(2,3)22-16-19(21-7-6-14-27-24(21)29-5)15-18(23(22)28-4)11-8-17-9-12-20(26)13-10-17/h6-7,9-10,12-16H,8,11,26H2,1-5H3. The Morgan fingerprint density at radius 1 is 0.931 bits per heavy atom. The van der Waals surface area contributed by atoms with Gasteiger partial charge in [-0.15, -0.1) is 0 Å². The van der Waals surface area contributed by atoms with Crippen molar-refractivity contribution in [2.75, 3.05) is 20.0 Å². The summed E-state index contributed by atoms with van der Waals surface area (Å²) in [6.45, 7) is 6.62. The number of aromatic nitrogens is 1. The molecule has 1 heterocycles. The van der Waals surface area contributed by atoms with Crippen LogP contribution in [0.2, 0.25) is 0 Å². The first-order valence-electron chi connectivity index (χ1n) is 9.88. The minimum atomic E-state index is -0.0628. The van der Waals surface area contributed by atoms with E-state index in [0.717, 1.165) is 35.4 Å². The number of pyridine rings is 1. The zero-order chi connectivity index (χ0) is 21.0. The summed E-state index contributed by atoms with van der Waals surface area (Å²) >= 11 is 0. The molecule has 2 aromatic carbocycles. The molecule has 0 spiro atoms. The van der Waals surface area contributed by atoms with E-state index < -0.39 is 0 Å². The molecule has 0 radical (unpaired) electrons.